The Bertz CT molecular complexity index is 1150. The first-order valence-electron chi connectivity index (χ1n) is 10.7. The summed E-state index contributed by atoms with van der Waals surface area (Å²) < 4.78 is 12.5. The van der Waals surface area contributed by atoms with Crippen LogP contribution in [0.2, 0.25) is 0 Å². The quantitative estimate of drug-likeness (QED) is 0.538. The average molecular weight is 452 g/mol. The molecule has 33 heavy (non-hydrogen) atoms. The molecule has 0 saturated carbocycles. The molecule has 1 aliphatic heterocycles. The fraction of sp³-hybridized carbons (Fsp3) is 0.391. The topological polar surface area (TPSA) is 106 Å². The Hall–Kier alpha value is -3.66. The van der Waals surface area contributed by atoms with E-state index in [-0.39, 0.29) is 12.0 Å². The molecule has 0 saturated heterocycles. The Kier molecular flexibility index (Phi) is 6.45. The monoisotopic (exact) mass is 451 g/mol. The number of pyridine rings is 2. The van der Waals surface area contributed by atoms with Crippen molar-refractivity contribution in [3.05, 3.63) is 53.6 Å². The minimum Gasteiger partial charge on any atom is -0.481 e. The number of carbonyl (C=O) groups is 1. The molecule has 0 radical (unpaired) electrons. The van der Waals surface area contributed by atoms with Gasteiger partial charge in [0, 0.05) is 50.8 Å². The predicted molar refractivity (Wildman–Crippen MR) is 126 cm³/mol. The molecule has 10 nitrogen and oxygen atoms in total. The number of hydrogen-bond acceptors (Lipinski definition) is 8. The van der Waals surface area contributed by atoms with E-state index < -0.39 is 6.04 Å². The number of methoxy groups -OCH3 is 2. The molecule has 1 amide bonds. The number of carbonyl (C=O) groups excluding carboxylic acids is 1. The van der Waals surface area contributed by atoms with Gasteiger partial charge in [0.25, 0.3) is 0 Å². The predicted octanol–water partition coefficient (Wildman–Crippen LogP) is 2.44. The Balaban J connectivity index is 1.46. The lowest BCUT2D eigenvalue weighted by Gasteiger charge is -2.38. The van der Waals surface area contributed by atoms with Crippen LogP contribution in [0.4, 0.5) is 17.2 Å². The van der Waals surface area contributed by atoms with E-state index in [1.165, 1.54) is 0 Å². The molecule has 0 spiro atoms. The molecule has 0 bridgehead atoms. The lowest BCUT2D eigenvalue weighted by molar-refractivity contribution is -0.120. The molecular weight excluding hydrogens is 422 g/mol. The van der Waals surface area contributed by atoms with Crippen molar-refractivity contribution in [1.82, 2.24) is 19.7 Å². The molecule has 0 aliphatic carbocycles. The van der Waals surface area contributed by atoms with Gasteiger partial charge in [-0.25, -0.2) is 9.97 Å². The maximum Gasteiger partial charge on any atom is 0.249 e. The van der Waals surface area contributed by atoms with Gasteiger partial charge in [0.05, 0.1) is 43.0 Å². The number of aromatic nitrogens is 4. The lowest BCUT2D eigenvalue weighted by atomic mass is 10.0. The first-order valence-corrected chi connectivity index (χ1v) is 10.7. The second-order valence-electron chi connectivity index (χ2n) is 8.08. The molecule has 2 atom stereocenters. The zero-order valence-corrected chi connectivity index (χ0v) is 19.5. The molecule has 4 rings (SSSR count). The van der Waals surface area contributed by atoms with Crippen LogP contribution in [0.25, 0.3) is 0 Å². The Morgan fingerprint density at radius 3 is 2.85 bits per heavy atom. The van der Waals surface area contributed by atoms with E-state index in [0.717, 1.165) is 34.0 Å². The number of anilines is 3. The first kappa shape index (κ1) is 22.5. The van der Waals surface area contributed by atoms with Crippen molar-refractivity contribution in [3.8, 4) is 5.88 Å². The largest absolute Gasteiger partial charge is 0.481 e. The van der Waals surface area contributed by atoms with E-state index in [0.29, 0.717) is 19.0 Å². The van der Waals surface area contributed by atoms with Crippen LogP contribution in [-0.4, -0.2) is 59.1 Å². The number of likely N-dealkylation sites (N-methyl/N-ethyl adjacent to an activating group) is 1. The van der Waals surface area contributed by atoms with Gasteiger partial charge in [-0.05, 0) is 25.5 Å². The molecule has 0 fully saturated rings. The van der Waals surface area contributed by atoms with Crippen molar-refractivity contribution < 1.29 is 14.3 Å². The van der Waals surface area contributed by atoms with Crippen LogP contribution in [0.15, 0.2) is 36.8 Å². The van der Waals surface area contributed by atoms with Crippen LogP contribution >= 0.6 is 0 Å². The Morgan fingerprint density at radius 2 is 2.09 bits per heavy atom. The van der Waals surface area contributed by atoms with Crippen LogP contribution in [0, 0.1) is 6.92 Å². The number of ether oxygens (including phenoxy) is 2. The number of hydrogen-bond donors (Lipinski definition) is 2. The number of rotatable bonds is 8. The number of nitrogens with zero attached hydrogens (tertiary/aromatic N) is 5. The number of nitrogens with one attached hydrogen (secondary N) is 2. The van der Waals surface area contributed by atoms with Crippen molar-refractivity contribution >= 4 is 23.1 Å². The van der Waals surface area contributed by atoms with Gasteiger partial charge in [0.15, 0.2) is 0 Å². The highest BCUT2D eigenvalue weighted by Gasteiger charge is 2.36. The van der Waals surface area contributed by atoms with E-state index in [1.54, 1.807) is 20.4 Å². The van der Waals surface area contributed by atoms with Crippen LogP contribution in [0.1, 0.15) is 23.7 Å². The fourth-order valence-electron chi connectivity index (χ4n) is 3.98. The molecule has 0 unspecified atom stereocenters. The minimum atomic E-state index is -0.415. The summed E-state index contributed by atoms with van der Waals surface area (Å²) in [6.07, 6.45) is 5.30. The third kappa shape index (κ3) is 4.75. The molecule has 0 aromatic carbocycles. The highest BCUT2D eigenvalue weighted by Crippen LogP contribution is 2.36. The standard InChI is InChI=1S/C23H29N7O3/c1-14-21-18(29(3)22(15(2)32-4)23(31)28-21)9-19(27-14)25-10-17-11-26-30(13-17)12-16-6-7-24-20(8-16)33-5/h6-9,11,13,15,22H,10,12H2,1-5H3,(H,25,27)(H,28,31)/t15-,22+/m1/s1. The minimum absolute atomic E-state index is 0.0933. The summed E-state index contributed by atoms with van der Waals surface area (Å²) in [4.78, 5) is 23.3. The van der Waals surface area contributed by atoms with Crippen molar-refractivity contribution in [2.24, 2.45) is 0 Å². The summed E-state index contributed by atoms with van der Waals surface area (Å²) in [7, 11) is 5.11. The third-order valence-electron chi connectivity index (χ3n) is 5.82. The number of aryl methyl sites for hydroxylation is 1. The van der Waals surface area contributed by atoms with E-state index in [9.17, 15) is 4.79 Å². The summed E-state index contributed by atoms with van der Waals surface area (Å²) in [5.41, 5.74) is 4.47. The summed E-state index contributed by atoms with van der Waals surface area (Å²) in [5, 5.41) is 10.8. The summed E-state index contributed by atoms with van der Waals surface area (Å²) in [6.45, 7) is 4.97. The highest BCUT2D eigenvalue weighted by molar-refractivity contribution is 6.04. The molecular formula is C23H29N7O3. The normalized spacial score (nSPS) is 16.2. The fourth-order valence-corrected chi connectivity index (χ4v) is 3.98. The SMILES string of the molecule is COc1cc(Cn2cc(CNc3cc4c(c(C)n3)NC(=O)[C@H]([C@@H](C)OC)N4C)cn2)ccn1. The van der Waals surface area contributed by atoms with Crippen LogP contribution in [0.5, 0.6) is 5.88 Å². The molecule has 4 heterocycles. The molecule has 1 aliphatic rings. The maximum atomic E-state index is 12.6. The van der Waals surface area contributed by atoms with Gasteiger partial charge in [-0.2, -0.15) is 5.10 Å². The van der Waals surface area contributed by atoms with E-state index in [4.69, 9.17) is 9.47 Å². The molecule has 3 aromatic rings. The van der Waals surface area contributed by atoms with E-state index in [1.807, 2.05) is 61.1 Å². The summed E-state index contributed by atoms with van der Waals surface area (Å²) in [6, 6.07) is 5.37. The smallest absolute Gasteiger partial charge is 0.249 e. The van der Waals surface area contributed by atoms with Crippen molar-refractivity contribution in [3.63, 3.8) is 0 Å². The van der Waals surface area contributed by atoms with Crippen LogP contribution in [-0.2, 0) is 22.6 Å². The zero-order valence-electron chi connectivity index (χ0n) is 19.5. The van der Waals surface area contributed by atoms with Crippen molar-refractivity contribution in [2.75, 3.05) is 36.8 Å². The molecule has 2 N–H and O–H groups in total. The zero-order chi connectivity index (χ0) is 23.5. The van der Waals surface area contributed by atoms with Gasteiger partial charge in [0.1, 0.15) is 11.9 Å². The average Bonchev–Trinajstić information content (AvgIpc) is 3.25. The lowest BCUT2D eigenvalue weighted by Crippen LogP contribution is -2.52. The molecule has 174 valence electrons. The Morgan fingerprint density at radius 1 is 1.27 bits per heavy atom. The van der Waals surface area contributed by atoms with E-state index in [2.05, 4.69) is 25.7 Å². The first-order chi connectivity index (χ1) is 15.9. The van der Waals surface area contributed by atoms with Gasteiger partial charge >= 0.3 is 0 Å². The van der Waals surface area contributed by atoms with Gasteiger partial charge in [-0.3, -0.25) is 9.48 Å². The third-order valence-corrected chi connectivity index (χ3v) is 5.82. The van der Waals surface area contributed by atoms with Crippen LogP contribution in [0.3, 0.4) is 0 Å². The number of amides is 1. The van der Waals surface area contributed by atoms with Gasteiger partial charge < -0.3 is 25.0 Å². The van der Waals surface area contributed by atoms with Gasteiger partial charge in [-0.15, -0.1) is 0 Å². The van der Waals surface area contributed by atoms with Gasteiger partial charge in [0.2, 0.25) is 11.8 Å². The highest BCUT2D eigenvalue weighted by atomic mass is 16.5. The van der Waals surface area contributed by atoms with Gasteiger partial charge in [-0.1, -0.05) is 0 Å². The molecule has 10 heteroatoms. The Labute approximate surface area is 192 Å². The van der Waals surface area contributed by atoms with Crippen molar-refractivity contribution in [1.29, 1.82) is 0 Å². The second kappa shape index (κ2) is 9.45. The summed E-state index contributed by atoms with van der Waals surface area (Å²) >= 11 is 0. The maximum absolute atomic E-state index is 12.6. The molecule has 3 aromatic heterocycles. The van der Waals surface area contributed by atoms with Crippen LogP contribution < -0.4 is 20.3 Å². The summed E-state index contributed by atoms with van der Waals surface area (Å²) in [5.74, 6) is 1.22. The second-order valence-corrected chi connectivity index (χ2v) is 8.08. The van der Waals surface area contributed by atoms with E-state index >= 15 is 0 Å². The van der Waals surface area contributed by atoms with Crippen molar-refractivity contribution in [2.45, 2.75) is 39.1 Å². The number of fused-ring (bicyclic) bond motifs is 1.